The molecule has 0 aliphatic carbocycles. The Morgan fingerprint density at radius 2 is 1.52 bits per heavy atom. The summed E-state index contributed by atoms with van der Waals surface area (Å²) >= 11 is 0. The van der Waals surface area contributed by atoms with Gasteiger partial charge in [0.15, 0.2) is 8.07 Å². The van der Waals surface area contributed by atoms with Gasteiger partial charge in [0.1, 0.15) is 5.41 Å². The Morgan fingerprint density at radius 3 is 2.17 bits per heavy atom. The van der Waals surface area contributed by atoms with Gasteiger partial charge in [0.25, 0.3) is 0 Å². The fourth-order valence-electron chi connectivity index (χ4n) is 2.51. The summed E-state index contributed by atoms with van der Waals surface area (Å²) in [6, 6.07) is 20.3. The Balaban J connectivity index is 1.76. The van der Waals surface area contributed by atoms with E-state index in [1.807, 2.05) is 48.5 Å². The molecule has 0 amide bonds. The lowest BCUT2D eigenvalue weighted by Gasteiger charge is -2.21. The van der Waals surface area contributed by atoms with Crippen LogP contribution in [0.5, 0.6) is 0 Å². The molecular formula is C21H24OSi. The van der Waals surface area contributed by atoms with E-state index in [2.05, 4.69) is 37.1 Å². The van der Waals surface area contributed by atoms with Crippen molar-refractivity contribution in [3.63, 3.8) is 0 Å². The highest BCUT2D eigenvalue weighted by Gasteiger charge is 2.31. The number of carbonyl (C=O) groups excluding carboxylic acids is 1. The van der Waals surface area contributed by atoms with E-state index in [1.54, 1.807) is 0 Å². The fraction of sp³-hybridized carbons (Fsp3) is 0.286. The molecule has 118 valence electrons. The SMILES string of the molecule is C[Si](C)(C(=O)CCCCC#Cc1ccccc1)c1ccccc1. The van der Waals surface area contributed by atoms with Gasteiger partial charge in [0.05, 0.1) is 0 Å². The van der Waals surface area contributed by atoms with Crippen LogP contribution in [0.4, 0.5) is 0 Å². The number of unbranched alkanes of at least 4 members (excludes halogenated alkanes) is 2. The summed E-state index contributed by atoms with van der Waals surface area (Å²) in [4.78, 5) is 12.5. The summed E-state index contributed by atoms with van der Waals surface area (Å²) in [5, 5.41) is 1.67. The fourth-order valence-corrected chi connectivity index (χ4v) is 4.66. The van der Waals surface area contributed by atoms with E-state index >= 15 is 0 Å². The molecule has 0 bridgehead atoms. The molecule has 1 nitrogen and oxygen atoms in total. The molecule has 0 unspecified atom stereocenters. The second kappa shape index (κ2) is 8.50. The minimum absolute atomic E-state index is 0.444. The molecular weight excluding hydrogens is 296 g/mol. The molecule has 0 atom stereocenters. The van der Waals surface area contributed by atoms with Gasteiger partial charge in [-0.25, -0.2) is 0 Å². The second-order valence-corrected chi connectivity index (χ2v) is 10.7. The first kappa shape index (κ1) is 17.2. The maximum absolute atomic E-state index is 12.5. The normalized spacial score (nSPS) is 10.7. The number of hydrogen-bond donors (Lipinski definition) is 0. The van der Waals surface area contributed by atoms with Crippen LogP contribution in [0.15, 0.2) is 60.7 Å². The monoisotopic (exact) mass is 320 g/mol. The van der Waals surface area contributed by atoms with Crippen molar-refractivity contribution < 1.29 is 4.79 Å². The number of carbonyl (C=O) groups is 1. The van der Waals surface area contributed by atoms with E-state index in [9.17, 15) is 4.79 Å². The van der Waals surface area contributed by atoms with Crippen molar-refractivity contribution in [3.05, 3.63) is 66.2 Å². The van der Waals surface area contributed by atoms with Gasteiger partial charge < -0.3 is 4.79 Å². The third-order valence-electron chi connectivity index (χ3n) is 4.15. The highest BCUT2D eigenvalue weighted by atomic mass is 28.3. The van der Waals surface area contributed by atoms with Crippen molar-refractivity contribution in [1.29, 1.82) is 0 Å². The molecule has 2 rings (SSSR count). The molecule has 0 N–H and O–H groups in total. The molecule has 0 fully saturated rings. The van der Waals surface area contributed by atoms with Crippen LogP contribution in [0, 0.1) is 11.8 Å². The maximum atomic E-state index is 12.5. The summed E-state index contributed by atoms with van der Waals surface area (Å²) in [5.74, 6) is 6.36. The summed E-state index contributed by atoms with van der Waals surface area (Å²) in [6.07, 6.45) is 3.47. The van der Waals surface area contributed by atoms with E-state index in [0.717, 1.165) is 24.8 Å². The zero-order valence-electron chi connectivity index (χ0n) is 14.0. The minimum atomic E-state index is -1.98. The van der Waals surface area contributed by atoms with Crippen LogP contribution < -0.4 is 5.19 Å². The first-order chi connectivity index (χ1) is 11.1. The van der Waals surface area contributed by atoms with E-state index in [1.165, 1.54) is 5.19 Å². The van der Waals surface area contributed by atoms with E-state index in [0.29, 0.717) is 11.8 Å². The third-order valence-corrected chi connectivity index (χ3v) is 7.58. The highest BCUT2D eigenvalue weighted by molar-refractivity contribution is 7.13. The molecule has 0 saturated carbocycles. The predicted octanol–water partition coefficient (Wildman–Crippen LogP) is 4.32. The number of benzene rings is 2. The van der Waals surface area contributed by atoms with Gasteiger partial charge in [0.2, 0.25) is 0 Å². The van der Waals surface area contributed by atoms with Crippen molar-refractivity contribution in [1.82, 2.24) is 0 Å². The average molecular weight is 321 g/mol. The van der Waals surface area contributed by atoms with Crippen LogP contribution in [-0.4, -0.2) is 13.5 Å². The molecule has 0 aliphatic rings. The summed E-state index contributed by atoms with van der Waals surface area (Å²) < 4.78 is 0. The standard InChI is InChI=1S/C21H24OSi/c1-23(2,20-16-10-6-11-17-20)21(22)18-12-4-3-7-13-19-14-8-5-9-15-19/h5-6,8-11,14-17H,3-4,12,18H2,1-2H3. The molecule has 0 spiro atoms. The first-order valence-corrected chi connectivity index (χ1v) is 11.2. The Bertz CT molecular complexity index is 678. The molecule has 0 aromatic heterocycles. The largest absolute Gasteiger partial charge is 0.305 e. The predicted molar refractivity (Wildman–Crippen MR) is 100 cm³/mol. The smallest absolute Gasteiger partial charge is 0.157 e. The van der Waals surface area contributed by atoms with Gasteiger partial charge in [0, 0.05) is 18.4 Å². The van der Waals surface area contributed by atoms with Crippen LogP contribution in [0.2, 0.25) is 13.1 Å². The van der Waals surface area contributed by atoms with Gasteiger partial charge >= 0.3 is 0 Å². The van der Waals surface area contributed by atoms with Crippen molar-refractivity contribution in [2.75, 3.05) is 0 Å². The number of hydrogen-bond acceptors (Lipinski definition) is 1. The molecule has 23 heavy (non-hydrogen) atoms. The van der Waals surface area contributed by atoms with Crippen molar-refractivity contribution in [2.45, 2.75) is 38.8 Å². The second-order valence-electron chi connectivity index (χ2n) is 6.29. The summed E-state index contributed by atoms with van der Waals surface area (Å²) in [6.45, 7) is 4.31. The molecule has 0 aliphatic heterocycles. The zero-order chi connectivity index (χ0) is 16.5. The molecule has 0 heterocycles. The maximum Gasteiger partial charge on any atom is 0.157 e. The Hall–Kier alpha value is -2.11. The van der Waals surface area contributed by atoms with Gasteiger partial charge in [-0.05, 0) is 25.0 Å². The topological polar surface area (TPSA) is 17.1 Å². The van der Waals surface area contributed by atoms with Crippen LogP contribution in [0.1, 0.15) is 31.2 Å². The van der Waals surface area contributed by atoms with E-state index in [-0.39, 0.29) is 0 Å². The molecule has 2 aromatic rings. The van der Waals surface area contributed by atoms with Crippen LogP contribution in [-0.2, 0) is 4.79 Å². The number of rotatable bonds is 6. The first-order valence-electron chi connectivity index (χ1n) is 8.23. The molecule has 0 saturated heterocycles. The third kappa shape index (κ3) is 5.23. The lowest BCUT2D eigenvalue weighted by atomic mass is 10.2. The van der Waals surface area contributed by atoms with E-state index < -0.39 is 8.07 Å². The van der Waals surface area contributed by atoms with E-state index in [4.69, 9.17) is 0 Å². The van der Waals surface area contributed by atoms with Crippen LogP contribution in [0.3, 0.4) is 0 Å². The van der Waals surface area contributed by atoms with Crippen LogP contribution in [0.25, 0.3) is 0 Å². The van der Waals surface area contributed by atoms with Gasteiger partial charge in [-0.3, -0.25) is 0 Å². The zero-order valence-corrected chi connectivity index (χ0v) is 15.0. The van der Waals surface area contributed by atoms with Crippen molar-refractivity contribution >= 4 is 18.7 Å². The Morgan fingerprint density at radius 1 is 0.913 bits per heavy atom. The van der Waals surface area contributed by atoms with Gasteiger partial charge in [-0.2, -0.15) is 0 Å². The Kier molecular flexibility index (Phi) is 6.37. The summed E-state index contributed by atoms with van der Waals surface area (Å²) in [7, 11) is -1.98. The highest BCUT2D eigenvalue weighted by Crippen LogP contribution is 2.11. The molecule has 2 aromatic carbocycles. The molecule has 2 heteroatoms. The lowest BCUT2D eigenvalue weighted by molar-refractivity contribution is -0.112. The lowest BCUT2D eigenvalue weighted by Crippen LogP contribution is -2.49. The van der Waals surface area contributed by atoms with Crippen LogP contribution >= 0.6 is 0 Å². The quantitative estimate of drug-likeness (QED) is 0.440. The van der Waals surface area contributed by atoms with Gasteiger partial charge in [-0.1, -0.05) is 78.7 Å². The Labute approximate surface area is 140 Å². The minimum Gasteiger partial charge on any atom is -0.305 e. The summed E-state index contributed by atoms with van der Waals surface area (Å²) in [5.41, 5.74) is 1.06. The molecule has 0 radical (unpaired) electrons. The average Bonchev–Trinajstić information content (AvgIpc) is 2.59. The van der Waals surface area contributed by atoms with Gasteiger partial charge in [-0.15, -0.1) is 0 Å². The van der Waals surface area contributed by atoms with Crippen molar-refractivity contribution in [3.8, 4) is 11.8 Å². The van der Waals surface area contributed by atoms with Crippen molar-refractivity contribution in [2.24, 2.45) is 0 Å².